The number of allylic oxidation sites excluding steroid dienone is 2. The number of aromatic nitrogens is 4. The van der Waals surface area contributed by atoms with Crippen molar-refractivity contribution in [3.8, 4) is 42.1 Å². The summed E-state index contributed by atoms with van der Waals surface area (Å²) in [6, 6.07) is 14.7. The summed E-state index contributed by atoms with van der Waals surface area (Å²) in [6.07, 6.45) is 0. The first-order valence-electron chi connectivity index (χ1n) is 12.5. The molecule has 4 aromatic rings. The number of nitriles is 5. The van der Waals surface area contributed by atoms with Gasteiger partial charge < -0.3 is 4.42 Å². The highest BCUT2D eigenvalue weighted by Crippen LogP contribution is 2.29. The average Bonchev–Trinajstić information content (AvgIpc) is 3.83. The molecule has 0 spiro atoms. The van der Waals surface area contributed by atoms with Crippen LogP contribution in [0.4, 0.5) is 17.3 Å². The zero-order chi connectivity index (χ0) is 33.2. The van der Waals surface area contributed by atoms with Crippen molar-refractivity contribution in [3.05, 3.63) is 120 Å². The van der Waals surface area contributed by atoms with Gasteiger partial charge in [0.05, 0.1) is 52.3 Å². The maximum atomic E-state index is 10.2. The maximum absolute atomic E-state index is 10.2. The van der Waals surface area contributed by atoms with E-state index in [4.69, 9.17) is 24.1 Å². The van der Waals surface area contributed by atoms with Gasteiger partial charge in [0.15, 0.2) is 40.4 Å². The Morgan fingerprint density at radius 1 is 0.596 bits per heavy atom. The van der Waals surface area contributed by atoms with E-state index in [1.54, 1.807) is 6.07 Å². The first-order chi connectivity index (χ1) is 22.9. The molecular formula is C30H4N16O. The van der Waals surface area contributed by atoms with E-state index in [0.717, 1.165) is 0 Å². The maximum Gasteiger partial charge on any atom is 0.383 e. The number of fused-ring (bicyclic) bond motifs is 2. The minimum absolute atomic E-state index is 0.0362. The summed E-state index contributed by atoms with van der Waals surface area (Å²) < 4.78 is 5.38. The zero-order valence-electron chi connectivity index (χ0n) is 22.9. The minimum Gasteiger partial charge on any atom is -0.460 e. The molecule has 4 heterocycles. The molecule has 0 fully saturated rings. The minimum atomic E-state index is -0.455. The van der Waals surface area contributed by atoms with Crippen molar-refractivity contribution in [2.75, 3.05) is 0 Å². The van der Waals surface area contributed by atoms with E-state index in [9.17, 15) is 26.3 Å². The molecule has 0 amide bonds. The van der Waals surface area contributed by atoms with Crippen LogP contribution in [0.3, 0.4) is 0 Å². The standard InChI is InChI=1S/C30H4N16O/c1-36-17-6-21-22(7-18(17)37-2)42-25(41-21)16(11-34)27-44-26(45-28(46-27)30-43-23(12-35)29(38-3)47-30)15(10-33)24-39-19-4-13(8-31)14(9-32)5-20(19)40-24/h4-7H. The Hall–Kier alpha value is -8.74. The van der Waals surface area contributed by atoms with E-state index in [2.05, 4.69) is 54.4 Å². The van der Waals surface area contributed by atoms with Crippen molar-refractivity contribution in [2.24, 2.45) is 20.0 Å². The summed E-state index contributed by atoms with van der Waals surface area (Å²) in [4.78, 5) is 43.8. The van der Waals surface area contributed by atoms with Crippen LogP contribution >= 0.6 is 0 Å². The molecule has 0 atom stereocenters. The molecule has 6 rings (SSSR count). The van der Waals surface area contributed by atoms with Crippen molar-refractivity contribution in [1.29, 1.82) is 26.3 Å². The fourth-order valence-corrected chi connectivity index (χ4v) is 4.24. The van der Waals surface area contributed by atoms with Crippen LogP contribution in [-0.4, -0.2) is 19.9 Å². The Bertz CT molecular complexity index is 2540. The Balaban J connectivity index is 1.63. The quantitative estimate of drug-likeness (QED) is 0.243. The summed E-state index contributed by atoms with van der Waals surface area (Å²) in [5.41, 5.74) is -0.843. The van der Waals surface area contributed by atoms with E-state index < -0.39 is 11.8 Å². The van der Waals surface area contributed by atoms with Gasteiger partial charge in [-0.1, -0.05) is 0 Å². The molecule has 17 nitrogen and oxygen atoms in total. The predicted molar refractivity (Wildman–Crippen MR) is 151 cm³/mol. The molecule has 0 saturated carbocycles. The van der Waals surface area contributed by atoms with Gasteiger partial charge in [-0.3, -0.25) is 9.69 Å². The molecule has 2 aromatic heterocycles. The van der Waals surface area contributed by atoms with Crippen molar-refractivity contribution in [3.63, 3.8) is 0 Å². The molecule has 0 radical (unpaired) electrons. The number of oxazole rings is 1. The van der Waals surface area contributed by atoms with Gasteiger partial charge in [0, 0.05) is 0 Å². The summed E-state index contributed by atoms with van der Waals surface area (Å²) in [5, 5.41) is 49.4. The van der Waals surface area contributed by atoms with Gasteiger partial charge in [-0.05, 0) is 24.3 Å². The smallest absolute Gasteiger partial charge is 0.383 e. The largest absolute Gasteiger partial charge is 0.460 e. The summed E-state index contributed by atoms with van der Waals surface area (Å²) in [5.74, 6) is -2.37. The second kappa shape index (κ2) is 11.2. The Labute approximate surface area is 261 Å². The van der Waals surface area contributed by atoms with Crippen molar-refractivity contribution in [1.82, 2.24) is 19.9 Å². The van der Waals surface area contributed by atoms with Gasteiger partial charge in [0.25, 0.3) is 5.89 Å². The highest BCUT2D eigenvalue weighted by molar-refractivity contribution is 5.80. The van der Waals surface area contributed by atoms with E-state index >= 15 is 0 Å². The van der Waals surface area contributed by atoms with Crippen LogP contribution in [-0.2, 0) is 0 Å². The van der Waals surface area contributed by atoms with Crippen LogP contribution in [0.25, 0.3) is 37.4 Å². The SMILES string of the molecule is [C-]#[N+]c1cc2c(cc1[N+]#[C-])=NC(=C(C#N)c1nc(C(C#N)=C3N=c4cc(C#N)c(C#N)cc4=N3)nc(-c3nc(C#N)c([N+]#[C-])o3)n1)N=2. The van der Waals surface area contributed by atoms with Gasteiger partial charge in [-0.25, -0.2) is 39.9 Å². The van der Waals surface area contributed by atoms with Crippen LogP contribution in [0.15, 0.2) is 60.3 Å². The highest BCUT2D eigenvalue weighted by Gasteiger charge is 2.25. The topological polar surface area (TPSA) is 246 Å². The third-order valence-corrected chi connectivity index (χ3v) is 6.34. The second-order valence-electron chi connectivity index (χ2n) is 8.93. The van der Waals surface area contributed by atoms with Crippen LogP contribution in [0, 0.1) is 76.4 Å². The summed E-state index contributed by atoms with van der Waals surface area (Å²) in [7, 11) is 0. The molecule has 2 aromatic carbocycles. The van der Waals surface area contributed by atoms with Gasteiger partial charge in [-0.15, -0.1) is 0 Å². The van der Waals surface area contributed by atoms with E-state index in [-0.39, 0.29) is 89.9 Å². The van der Waals surface area contributed by atoms with E-state index in [1.165, 1.54) is 24.3 Å². The lowest BCUT2D eigenvalue weighted by Gasteiger charge is -2.05. The number of benzene rings is 2. The second-order valence-corrected chi connectivity index (χ2v) is 8.93. The summed E-state index contributed by atoms with van der Waals surface area (Å²) >= 11 is 0. The van der Waals surface area contributed by atoms with E-state index in [1.807, 2.05) is 24.3 Å². The van der Waals surface area contributed by atoms with E-state index in [0.29, 0.717) is 0 Å². The number of nitrogens with zero attached hydrogens (tertiary/aromatic N) is 16. The molecule has 0 aliphatic carbocycles. The molecule has 210 valence electrons. The first-order valence-corrected chi connectivity index (χ1v) is 12.5. The normalized spacial score (nSPS) is 11.4. The Kier molecular flexibility index (Phi) is 6.74. The van der Waals surface area contributed by atoms with Gasteiger partial charge in [-0.2, -0.15) is 31.2 Å². The third kappa shape index (κ3) is 4.70. The van der Waals surface area contributed by atoms with Crippen molar-refractivity contribution in [2.45, 2.75) is 0 Å². The molecule has 0 saturated heterocycles. The Morgan fingerprint density at radius 2 is 1.06 bits per heavy atom. The zero-order valence-corrected chi connectivity index (χ0v) is 22.9. The highest BCUT2D eigenvalue weighted by atomic mass is 16.4. The van der Waals surface area contributed by atoms with Gasteiger partial charge in [0.1, 0.15) is 41.5 Å². The number of rotatable bonds is 3. The fourth-order valence-electron chi connectivity index (χ4n) is 4.24. The van der Waals surface area contributed by atoms with Gasteiger partial charge >= 0.3 is 5.88 Å². The lowest BCUT2D eigenvalue weighted by atomic mass is 10.1. The number of hydrogen-bond acceptors (Lipinski definition) is 14. The molecule has 0 bridgehead atoms. The molecule has 2 aliphatic heterocycles. The lowest BCUT2D eigenvalue weighted by Crippen LogP contribution is -2.22. The molecule has 47 heavy (non-hydrogen) atoms. The predicted octanol–water partition coefficient (Wildman–Crippen LogP) is 2.08. The van der Waals surface area contributed by atoms with Crippen molar-refractivity contribution >= 4 is 28.4 Å². The van der Waals surface area contributed by atoms with Crippen LogP contribution in [0.5, 0.6) is 0 Å². The molecule has 2 aliphatic rings. The Morgan fingerprint density at radius 3 is 1.43 bits per heavy atom. The number of hydrogen-bond donors (Lipinski definition) is 0. The van der Waals surface area contributed by atoms with Crippen LogP contribution in [0.2, 0.25) is 0 Å². The van der Waals surface area contributed by atoms with Crippen LogP contribution in [0.1, 0.15) is 28.5 Å². The molecule has 17 heteroatoms. The summed E-state index contributed by atoms with van der Waals surface area (Å²) in [6.45, 7) is 21.9. The average molecular weight is 604 g/mol. The van der Waals surface area contributed by atoms with Crippen molar-refractivity contribution < 1.29 is 4.42 Å². The lowest BCUT2D eigenvalue weighted by molar-refractivity contribution is 0.590. The monoisotopic (exact) mass is 604 g/mol. The molecule has 0 N–H and O–H groups in total. The fraction of sp³-hybridized carbons (Fsp3) is 0. The molecule has 0 unspecified atom stereocenters. The van der Waals surface area contributed by atoms with Crippen LogP contribution < -0.4 is 21.4 Å². The first kappa shape index (κ1) is 28.4. The molecular weight excluding hydrogens is 600 g/mol. The van der Waals surface area contributed by atoms with Gasteiger partial charge in [0.2, 0.25) is 5.82 Å². The third-order valence-electron chi connectivity index (χ3n) is 6.34.